The topological polar surface area (TPSA) is 77.6 Å². The van der Waals surface area contributed by atoms with Crippen molar-refractivity contribution in [3.05, 3.63) is 65.2 Å². The number of benzene rings is 1. The highest BCUT2D eigenvalue weighted by Crippen LogP contribution is 2.27. The SMILES string of the molecule is CCn1cc(-c2cc(C(=O)NCc3cn(C)nc3C)c3ccccc3n2)c(C)n1. The Bertz CT molecular complexity index is 1200. The van der Waals surface area contributed by atoms with Crippen molar-refractivity contribution in [2.24, 2.45) is 7.05 Å². The van der Waals surface area contributed by atoms with Gasteiger partial charge in [-0.3, -0.25) is 14.2 Å². The van der Waals surface area contributed by atoms with Crippen molar-refractivity contribution < 1.29 is 4.79 Å². The molecule has 4 rings (SSSR count). The highest BCUT2D eigenvalue weighted by Gasteiger charge is 2.16. The zero-order valence-electron chi connectivity index (χ0n) is 17.1. The van der Waals surface area contributed by atoms with E-state index in [1.54, 1.807) is 4.68 Å². The van der Waals surface area contributed by atoms with E-state index in [4.69, 9.17) is 4.98 Å². The van der Waals surface area contributed by atoms with Crippen LogP contribution in [0.3, 0.4) is 0 Å². The Hall–Kier alpha value is -3.48. The number of carbonyl (C=O) groups excluding carboxylic acids is 1. The molecule has 0 saturated heterocycles. The number of nitrogens with one attached hydrogen (secondary N) is 1. The summed E-state index contributed by atoms with van der Waals surface area (Å²) >= 11 is 0. The molecule has 0 aliphatic heterocycles. The van der Waals surface area contributed by atoms with Gasteiger partial charge in [-0.2, -0.15) is 10.2 Å². The predicted octanol–water partition coefficient (Wildman–Crippen LogP) is 3.40. The second-order valence-electron chi connectivity index (χ2n) is 7.15. The van der Waals surface area contributed by atoms with E-state index in [1.807, 2.05) is 75.2 Å². The summed E-state index contributed by atoms with van der Waals surface area (Å²) in [6, 6.07) is 9.57. The molecule has 29 heavy (non-hydrogen) atoms. The molecule has 1 aromatic carbocycles. The summed E-state index contributed by atoms with van der Waals surface area (Å²) in [6.45, 7) is 7.16. The van der Waals surface area contributed by atoms with Crippen LogP contribution in [0.1, 0.15) is 34.2 Å². The molecule has 3 heterocycles. The van der Waals surface area contributed by atoms with Crippen molar-refractivity contribution in [3.8, 4) is 11.3 Å². The van der Waals surface area contributed by atoms with Crippen molar-refractivity contribution in [2.75, 3.05) is 0 Å². The molecule has 148 valence electrons. The molecule has 1 N–H and O–H groups in total. The second-order valence-corrected chi connectivity index (χ2v) is 7.15. The summed E-state index contributed by atoms with van der Waals surface area (Å²) in [5, 5.41) is 12.7. The fraction of sp³-hybridized carbons (Fsp3) is 0.273. The van der Waals surface area contributed by atoms with Crippen LogP contribution in [0.25, 0.3) is 22.2 Å². The molecular formula is C22H24N6O. The van der Waals surface area contributed by atoms with E-state index in [-0.39, 0.29) is 5.91 Å². The zero-order valence-corrected chi connectivity index (χ0v) is 17.1. The molecule has 7 nitrogen and oxygen atoms in total. The van der Waals surface area contributed by atoms with Gasteiger partial charge in [-0.15, -0.1) is 0 Å². The molecule has 4 aromatic rings. The molecule has 0 unspecified atom stereocenters. The first-order valence-electron chi connectivity index (χ1n) is 9.67. The lowest BCUT2D eigenvalue weighted by Crippen LogP contribution is -2.23. The number of amides is 1. The van der Waals surface area contributed by atoms with E-state index in [1.165, 1.54) is 0 Å². The van der Waals surface area contributed by atoms with Crippen molar-refractivity contribution in [2.45, 2.75) is 33.9 Å². The van der Waals surface area contributed by atoms with Gasteiger partial charge in [0.2, 0.25) is 0 Å². The Kier molecular flexibility index (Phi) is 4.88. The molecule has 0 aliphatic carbocycles. The highest BCUT2D eigenvalue weighted by molar-refractivity contribution is 6.07. The number of aryl methyl sites for hydroxylation is 4. The summed E-state index contributed by atoms with van der Waals surface area (Å²) in [7, 11) is 1.87. The summed E-state index contributed by atoms with van der Waals surface area (Å²) in [5.41, 5.74) is 5.90. The first-order valence-corrected chi connectivity index (χ1v) is 9.67. The van der Waals surface area contributed by atoms with Crippen molar-refractivity contribution in [1.29, 1.82) is 0 Å². The lowest BCUT2D eigenvalue weighted by Gasteiger charge is -2.10. The first kappa shape index (κ1) is 18.9. The average Bonchev–Trinajstić information content (AvgIpc) is 3.25. The van der Waals surface area contributed by atoms with Gasteiger partial charge in [-0.05, 0) is 32.9 Å². The highest BCUT2D eigenvalue weighted by atomic mass is 16.1. The molecule has 0 bridgehead atoms. The van der Waals surface area contributed by atoms with Gasteiger partial charge in [0.15, 0.2) is 0 Å². The van der Waals surface area contributed by atoms with Crippen LogP contribution in [0.2, 0.25) is 0 Å². The van der Waals surface area contributed by atoms with E-state index in [0.717, 1.165) is 45.7 Å². The van der Waals surface area contributed by atoms with E-state index >= 15 is 0 Å². The minimum Gasteiger partial charge on any atom is -0.348 e. The van der Waals surface area contributed by atoms with Crippen molar-refractivity contribution >= 4 is 16.8 Å². The lowest BCUT2D eigenvalue weighted by molar-refractivity contribution is 0.0952. The van der Waals surface area contributed by atoms with E-state index in [0.29, 0.717) is 12.1 Å². The van der Waals surface area contributed by atoms with Gasteiger partial charge in [-0.25, -0.2) is 4.98 Å². The van der Waals surface area contributed by atoms with Crippen LogP contribution in [0.15, 0.2) is 42.7 Å². The molecule has 1 amide bonds. The van der Waals surface area contributed by atoms with Crippen LogP contribution in [0.4, 0.5) is 0 Å². The molecule has 0 spiro atoms. The second kappa shape index (κ2) is 7.50. The van der Waals surface area contributed by atoms with Crippen LogP contribution < -0.4 is 5.32 Å². The summed E-state index contributed by atoms with van der Waals surface area (Å²) < 4.78 is 3.64. The number of hydrogen-bond donors (Lipinski definition) is 1. The minimum absolute atomic E-state index is 0.131. The standard InChI is InChI=1S/C22H24N6O/c1-5-28-13-19(15(3)26-28)21-10-18(17-8-6-7-9-20(17)24-21)22(29)23-11-16-12-27(4)25-14(16)2/h6-10,12-13H,5,11H2,1-4H3,(H,23,29). The van der Waals surface area contributed by atoms with Gasteiger partial charge in [0.25, 0.3) is 5.91 Å². The number of hydrogen-bond acceptors (Lipinski definition) is 4. The number of pyridine rings is 1. The molecular weight excluding hydrogens is 364 g/mol. The minimum atomic E-state index is -0.131. The fourth-order valence-corrected chi connectivity index (χ4v) is 3.53. The number of aromatic nitrogens is 5. The fourth-order valence-electron chi connectivity index (χ4n) is 3.53. The molecule has 0 fully saturated rings. The van der Waals surface area contributed by atoms with Crippen LogP contribution in [-0.2, 0) is 20.1 Å². The molecule has 0 saturated carbocycles. The Morgan fingerprint density at radius 1 is 1.10 bits per heavy atom. The number of carbonyl (C=O) groups is 1. The maximum atomic E-state index is 13.1. The number of rotatable bonds is 5. The number of para-hydroxylation sites is 1. The first-order chi connectivity index (χ1) is 14.0. The Morgan fingerprint density at radius 3 is 2.59 bits per heavy atom. The van der Waals surface area contributed by atoms with Crippen LogP contribution in [0, 0.1) is 13.8 Å². The van der Waals surface area contributed by atoms with Crippen LogP contribution >= 0.6 is 0 Å². The summed E-state index contributed by atoms with van der Waals surface area (Å²) in [5.74, 6) is -0.131. The predicted molar refractivity (Wildman–Crippen MR) is 112 cm³/mol. The third-order valence-corrected chi connectivity index (χ3v) is 5.06. The van der Waals surface area contributed by atoms with Gasteiger partial charge in [0, 0.05) is 49.0 Å². The third kappa shape index (κ3) is 3.63. The van der Waals surface area contributed by atoms with Gasteiger partial charge < -0.3 is 5.32 Å². The monoisotopic (exact) mass is 388 g/mol. The third-order valence-electron chi connectivity index (χ3n) is 5.06. The molecule has 0 radical (unpaired) electrons. The molecule has 7 heteroatoms. The van der Waals surface area contributed by atoms with Gasteiger partial charge >= 0.3 is 0 Å². The van der Waals surface area contributed by atoms with Crippen molar-refractivity contribution in [3.63, 3.8) is 0 Å². The molecule has 0 atom stereocenters. The van der Waals surface area contributed by atoms with Crippen molar-refractivity contribution in [1.82, 2.24) is 29.9 Å². The van der Waals surface area contributed by atoms with Gasteiger partial charge in [0.05, 0.1) is 28.2 Å². The summed E-state index contributed by atoms with van der Waals surface area (Å²) in [4.78, 5) is 17.9. The van der Waals surface area contributed by atoms with E-state index in [2.05, 4.69) is 15.5 Å². The quantitative estimate of drug-likeness (QED) is 0.568. The lowest BCUT2D eigenvalue weighted by atomic mass is 10.0. The average molecular weight is 388 g/mol. The Balaban J connectivity index is 1.73. The Morgan fingerprint density at radius 2 is 1.90 bits per heavy atom. The molecule has 0 aliphatic rings. The normalized spacial score (nSPS) is 11.2. The maximum absolute atomic E-state index is 13.1. The van der Waals surface area contributed by atoms with Crippen LogP contribution in [-0.4, -0.2) is 30.5 Å². The zero-order chi connectivity index (χ0) is 20.5. The smallest absolute Gasteiger partial charge is 0.252 e. The maximum Gasteiger partial charge on any atom is 0.252 e. The number of nitrogens with zero attached hydrogens (tertiary/aromatic N) is 5. The van der Waals surface area contributed by atoms with E-state index in [9.17, 15) is 4.79 Å². The van der Waals surface area contributed by atoms with E-state index < -0.39 is 0 Å². The summed E-state index contributed by atoms with van der Waals surface area (Å²) in [6.07, 6.45) is 3.90. The van der Waals surface area contributed by atoms with Gasteiger partial charge in [-0.1, -0.05) is 18.2 Å². The largest absolute Gasteiger partial charge is 0.348 e. The Labute approximate surface area is 169 Å². The van der Waals surface area contributed by atoms with Crippen LogP contribution in [0.5, 0.6) is 0 Å². The van der Waals surface area contributed by atoms with Gasteiger partial charge in [0.1, 0.15) is 0 Å². The number of fused-ring (bicyclic) bond motifs is 1. The molecule has 3 aromatic heterocycles.